The van der Waals surface area contributed by atoms with Crippen molar-refractivity contribution in [1.29, 1.82) is 0 Å². The molecule has 0 radical (unpaired) electrons. The van der Waals surface area contributed by atoms with Crippen LogP contribution < -0.4 is 11.1 Å². The van der Waals surface area contributed by atoms with Crippen LogP contribution in [-0.4, -0.2) is 67.8 Å². The molecule has 0 atom stereocenters. The largest absolute Gasteiger partial charge is 0.375 e. The number of likely N-dealkylation sites (tertiary alicyclic amines) is 1. The maximum atomic E-state index is 15.1. The standard InChI is InChI=1S/C28H28FN7O2/c29-18-11-17-15-35(28(38)33-7-4-19(30)5-8-33)10-9-34-16-21(20(12-18)27(17)34)25-23(37)14-32-26(25)22-13-31-24-3-1-2-6-36(22)24/h1-3,6,11-13,16,19,32H,4-5,7-10,14-15,30H2. The van der Waals surface area contributed by atoms with Gasteiger partial charge in [-0.05, 0) is 42.7 Å². The molecule has 0 bridgehead atoms. The van der Waals surface area contributed by atoms with Crippen molar-refractivity contribution in [3.05, 3.63) is 71.6 Å². The lowest BCUT2D eigenvalue weighted by atomic mass is 9.99. The number of nitrogens with two attached hydrogens (primary N) is 1. The normalized spacial score (nSPS) is 18.5. The van der Waals surface area contributed by atoms with Crippen molar-refractivity contribution in [3.63, 3.8) is 0 Å². The highest BCUT2D eigenvalue weighted by Gasteiger charge is 2.32. The summed E-state index contributed by atoms with van der Waals surface area (Å²) in [5, 5.41) is 3.94. The monoisotopic (exact) mass is 513 g/mol. The second kappa shape index (κ2) is 8.70. The topological polar surface area (TPSA) is 101 Å². The number of benzene rings is 1. The number of piperidine rings is 1. The Morgan fingerprint density at radius 1 is 1.11 bits per heavy atom. The third-order valence-corrected chi connectivity index (χ3v) is 7.97. The van der Waals surface area contributed by atoms with Crippen LogP contribution in [0.2, 0.25) is 0 Å². The van der Waals surface area contributed by atoms with Crippen LogP contribution in [0.15, 0.2) is 48.9 Å². The first kappa shape index (κ1) is 23.0. The fourth-order valence-corrected chi connectivity index (χ4v) is 6.06. The van der Waals surface area contributed by atoms with Gasteiger partial charge in [0.25, 0.3) is 0 Å². The van der Waals surface area contributed by atoms with Gasteiger partial charge >= 0.3 is 6.03 Å². The molecule has 1 saturated heterocycles. The van der Waals surface area contributed by atoms with Gasteiger partial charge in [0.2, 0.25) is 0 Å². The van der Waals surface area contributed by atoms with Gasteiger partial charge in [-0.2, -0.15) is 0 Å². The summed E-state index contributed by atoms with van der Waals surface area (Å²) < 4.78 is 19.0. The van der Waals surface area contributed by atoms with Crippen LogP contribution in [0, 0.1) is 5.82 Å². The molecule has 3 N–H and O–H groups in total. The summed E-state index contributed by atoms with van der Waals surface area (Å²) in [6.07, 6.45) is 7.18. The van der Waals surface area contributed by atoms with Gasteiger partial charge in [0.05, 0.1) is 35.2 Å². The third kappa shape index (κ3) is 3.59. The van der Waals surface area contributed by atoms with Gasteiger partial charge < -0.3 is 25.4 Å². The second-order valence-electron chi connectivity index (χ2n) is 10.3. The molecule has 0 aliphatic carbocycles. The van der Waals surface area contributed by atoms with Crippen LogP contribution in [0.1, 0.15) is 29.7 Å². The summed E-state index contributed by atoms with van der Waals surface area (Å²) in [6, 6.07) is 8.85. The molecule has 1 fully saturated rings. The van der Waals surface area contributed by atoms with E-state index >= 15 is 4.39 Å². The molecule has 0 unspecified atom stereocenters. The van der Waals surface area contributed by atoms with E-state index in [0.717, 1.165) is 35.3 Å². The van der Waals surface area contributed by atoms with Crippen molar-refractivity contribution in [2.75, 3.05) is 26.2 Å². The van der Waals surface area contributed by atoms with Crippen molar-refractivity contribution >= 4 is 39.6 Å². The van der Waals surface area contributed by atoms with Crippen LogP contribution in [0.5, 0.6) is 0 Å². The van der Waals surface area contributed by atoms with E-state index in [9.17, 15) is 9.59 Å². The molecule has 38 heavy (non-hydrogen) atoms. The predicted octanol–water partition coefficient (Wildman–Crippen LogP) is 2.83. The first-order chi connectivity index (χ1) is 18.5. The Morgan fingerprint density at radius 2 is 1.95 bits per heavy atom. The van der Waals surface area contributed by atoms with Gasteiger partial charge in [0, 0.05) is 62.1 Å². The summed E-state index contributed by atoms with van der Waals surface area (Å²) in [6.45, 7) is 2.80. The van der Waals surface area contributed by atoms with E-state index in [1.807, 2.05) is 39.9 Å². The molecular formula is C28H28FN7O2. The minimum atomic E-state index is -0.389. The van der Waals surface area contributed by atoms with Gasteiger partial charge in [0.1, 0.15) is 11.5 Å². The smallest absolute Gasteiger partial charge is 0.320 e. The number of pyridine rings is 1. The minimum absolute atomic E-state index is 0.0342. The maximum absolute atomic E-state index is 15.1. The number of fused-ring (bicyclic) bond motifs is 1. The van der Waals surface area contributed by atoms with E-state index in [-0.39, 0.29) is 30.2 Å². The quantitative estimate of drug-likeness (QED) is 0.429. The molecule has 3 aliphatic rings. The Bertz CT molecular complexity index is 1640. The summed E-state index contributed by atoms with van der Waals surface area (Å²) >= 11 is 0. The minimum Gasteiger partial charge on any atom is -0.375 e. The van der Waals surface area contributed by atoms with E-state index in [4.69, 9.17) is 5.73 Å². The molecule has 1 aromatic carbocycles. The van der Waals surface area contributed by atoms with E-state index in [1.165, 1.54) is 12.1 Å². The number of amides is 2. The van der Waals surface area contributed by atoms with Gasteiger partial charge in [-0.25, -0.2) is 14.2 Å². The summed E-state index contributed by atoms with van der Waals surface area (Å²) in [7, 11) is 0. The van der Waals surface area contributed by atoms with E-state index < -0.39 is 0 Å². The van der Waals surface area contributed by atoms with Crippen molar-refractivity contribution in [3.8, 4) is 0 Å². The lowest BCUT2D eigenvalue weighted by Crippen LogP contribution is -2.49. The third-order valence-electron chi connectivity index (χ3n) is 7.97. The number of carbonyl (C=O) groups excluding carboxylic acids is 2. The number of ketones is 1. The Morgan fingerprint density at radius 3 is 2.79 bits per heavy atom. The molecule has 3 aliphatic heterocycles. The number of nitrogens with one attached hydrogen (secondary N) is 1. The van der Waals surface area contributed by atoms with Gasteiger partial charge in [-0.3, -0.25) is 9.20 Å². The number of nitrogens with zero attached hydrogens (tertiary/aromatic N) is 5. The second-order valence-corrected chi connectivity index (χ2v) is 10.3. The number of Topliss-reactive ketones (excluding diaryl/α,β-unsaturated/α-hetero) is 1. The summed E-state index contributed by atoms with van der Waals surface area (Å²) in [4.78, 5) is 34.7. The fraction of sp³-hybridized carbons (Fsp3) is 0.321. The highest BCUT2D eigenvalue weighted by Crippen LogP contribution is 2.38. The van der Waals surface area contributed by atoms with Crippen molar-refractivity contribution in [2.45, 2.75) is 32.0 Å². The van der Waals surface area contributed by atoms with Crippen molar-refractivity contribution in [1.82, 2.24) is 29.1 Å². The maximum Gasteiger partial charge on any atom is 0.320 e. The predicted molar refractivity (Wildman–Crippen MR) is 142 cm³/mol. The number of hydrogen-bond donors (Lipinski definition) is 2. The number of halogens is 1. The zero-order valence-corrected chi connectivity index (χ0v) is 20.9. The van der Waals surface area contributed by atoms with Crippen LogP contribution in [0.3, 0.4) is 0 Å². The lowest BCUT2D eigenvalue weighted by Gasteiger charge is -2.34. The number of urea groups is 1. The molecule has 10 heteroatoms. The molecule has 3 aromatic heterocycles. The van der Waals surface area contributed by atoms with Crippen molar-refractivity contribution in [2.24, 2.45) is 5.73 Å². The first-order valence-electron chi connectivity index (χ1n) is 13.0. The van der Waals surface area contributed by atoms with Gasteiger partial charge in [-0.1, -0.05) is 6.07 Å². The van der Waals surface area contributed by atoms with Gasteiger partial charge in [-0.15, -0.1) is 0 Å². The zero-order chi connectivity index (χ0) is 26.0. The van der Waals surface area contributed by atoms with Crippen molar-refractivity contribution < 1.29 is 14.0 Å². The van der Waals surface area contributed by atoms with Crippen LogP contribution >= 0.6 is 0 Å². The molecule has 0 spiro atoms. The Kier molecular flexibility index (Phi) is 5.26. The zero-order valence-electron chi connectivity index (χ0n) is 20.9. The van der Waals surface area contributed by atoms with E-state index in [1.54, 1.807) is 11.1 Å². The fourth-order valence-electron chi connectivity index (χ4n) is 6.06. The Balaban J connectivity index is 1.32. The molecule has 4 aromatic rings. The highest BCUT2D eigenvalue weighted by molar-refractivity contribution is 6.33. The van der Waals surface area contributed by atoms with E-state index in [0.29, 0.717) is 54.9 Å². The lowest BCUT2D eigenvalue weighted by molar-refractivity contribution is -0.112. The summed E-state index contributed by atoms with van der Waals surface area (Å²) in [5.74, 6) is -0.437. The number of carbonyl (C=O) groups is 2. The average Bonchev–Trinajstić information content (AvgIpc) is 3.57. The van der Waals surface area contributed by atoms with Crippen LogP contribution in [0.25, 0.3) is 27.8 Å². The molecule has 194 valence electrons. The molecular weight excluding hydrogens is 485 g/mol. The highest BCUT2D eigenvalue weighted by atomic mass is 19.1. The average molecular weight is 514 g/mol. The number of rotatable bonds is 2. The Hall–Kier alpha value is -4.18. The van der Waals surface area contributed by atoms with E-state index in [2.05, 4.69) is 14.9 Å². The van der Waals surface area contributed by atoms with Gasteiger partial charge in [0.15, 0.2) is 5.78 Å². The summed E-state index contributed by atoms with van der Waals surface area (Å²) in [5.41, 5.74) is 11.1. The molecule has 9 nitrogen and oxygen atoms in total. The molecule has 7 rings (SSSR count). The molecule has 6 heterocycles. The first-order valence-corrected chi connectivity index (χ1v) is 13.0. The molecule has 0 saturated carbocycles. The van der Waals surface area contributed by atoms with Crippen LogP contribution in [0.4, 0.5) is 9.18 Å². The number of hydrogen-bond acceptors (Lipinski definition) is 5. The Labute approximate surface area is 218 Å². The van der Waals surface area contributed by atoms with Crippen LogP contribution in [-0.2, 0) is 17.9 Å². The molecule has 2 amide bonds. The number of imidazole rings is 1. The SMILES string of the molecule is NC1CCN(C(=O)N2CCn3cc(C4=C(c5cnc6ccccn56)NCC4=O)c4cc(F)cc(c43)C2)CC1. The number of aromatic nitrogens is 3.